The summed E-state index contributed by atoms with van der Waals surface area (Å²) < 4.78 is 11.5. The molecule has 1 aliphatic carbocycles. The molecule has 2 N–H and O–H groups in total. The van der Waals surface area contributed by atoms with Crippen molar-refractivity contribution in [2.75, 3.05) is 25.6 Å². The average Bonchev–Trinajstić information content (AvgIpc) is 3.45. The Bertz CT molecular complexity index is 1010. The molecule has 5 rings (SSSR count). The third-order valence-electron chi connectivity index (χ3n) is 7.51. The molecule has 8 nitrogen and oxygen atoms in total. The van der Waals surface area contributed by atoms with E-state index in [9.17, 15) is 14.4 Å². The van der Waals surface area contributed by atoms with E-state index in [4.69, 9.17) is 21.1 Å². The van der Waals surface area contributed by atoms with E-state index in [1.165, 1.54) is 11.3 Å². The van der Waals surface area contributed by atoms with Crippen LogP contribution in [-0.2, 0) is 23.9 Å². The predicted octanol–water partition coefficient (Wildman–Crippen LogP) is 2.52. The third kappa shape index (κ3) is 3.91. The average molecular weight is 488 g/mol. The van der Waals surface area contributed by atoms with Gasteiger partial charge in [-0.05, 0) is 31.0 Å². The Labute approximate surface area is 204 Å². The van der Waals surface area contributed by atoms with Crippen molar-refractivity contribution in [1.29, 1.82) is 0 Å². The minimum atomic E-state index is -1.16. The van der Waals surface area contributed by atoms with E-state index < -0.39 is 29.6 Å². The summed E-state index contributed by atoms with van der Waals surface area (Å²) in [7, 11) is 1.56. The second kappa shape index (κ2) is 9.32. The molecule has 1 aromatic rings. The normalized spacial score (nSPS) is 32.2. The number of nitrogens with zero attached hydrogens (tertiary/aromatic N) is 1. The molecule has 1 spiro atoms. The molecule has 4 aliphatic rings. The second-order valence-corrected chi connectivity index (χ2v) is 10.0. The number of hydrogen-bond donors (Lipinski definition) is 2. The van der Waals surface area contributed by atoms with Crippen LogP contribution in [0.1, 0.15) is 32.1 Å². The van der Waals surface area contributed by atoms with E-state index >= 15 is 0 Å². The van der Waals surface area contributed by atoms with Gasteiger partial charge in [0.25, 0.3) is 0 Å². The van der Waals surface area contributed by atoms with Gasteiger partial charge in [-0.2, -0.15) is 0 Å². The molecule has 1 aromatic carbocycles. The smallest absolute Gasteiger partial charge is 0.246 e. The molecule has 3 fully saturated rings. The van der Waals surface area contributed by atoms with Gasteiger partial charge in [0, 0.05) is 30.4 Å². The molecule has 3 aliphatic heterocycles. The Balaban J connectivity index is 1.42. The first-order valence-corrected chi connectivity index (χ1v) is 12.4. The number of anilines is 1. The van der Waals surface area contributed by atoms with Gasteiger partial charge in [0.1, 0.15) is 11.6 Å². The van der Waals surface area contributed by atoms with Gasteiger partial charge in [-0.3, -0.25) is 14.4 Å². The first kappa shape index (κ1) is 23.3. The Hall–Kier alpha value is -2.42. The minimum Gasteiger partial charge on any atom is -0.383 e. The number of nitrogens with one attached hydrogen (secondary N) is 2. The van der Waals surface area contributed by atoms with Crippen molar-refractivity contribution >= 4 is 35.0 Å². The van der Waals surface area contributed by atoms with Gasteiger partial charge < -0.3 is 25.0 Å². The fourth-order valence-electron chi connectivity index (χ4n) is 6.02. The summed E-state index contributed by atoms with van der Waals surface area (Å²) in [6.07, 6.45) is 8.28. The summed E-state index contributed by atoms with van der Waals surface area (Å²) in [5.74, 6) is -2.31. The number of likely N-dealkylation sites (tertiary alicyclic amines) is 1. The zero-order valence-corrected chi connectivity index (χ0v) is 19.9. The lowest BCUT2D eigenvalue weighted by atomic mass is 9.74. The Morgan fingerprint density at radius 2 is 2.03 bits per heavy atom. The number of fused-ring (bicyclic) bond motifs is 1. The summed E-state index contributed by atoms with van der Waals surface area (Å²) in [6.45, 7) is 0.537. The van der Waals surface area contributed by atoms with Crippen LogP contribution >= 0.6 is 11.6 Å². The van der Waals surface area contributed by atoms with Crippen molar-refractivity contribution in [2.24, 2.45) is 11.8 Å². The van der Waals surface area contributed by atoms with Crippen LogP contribution in [0.15, 0.2) is 36.4 Å². The van der Waals surface area contributed by atoms with Gasteiger partial charge >= 0.3 is 0 Å². The molecule has 1 saturated carbocycles. The lowest BCUT2D eigenvalue weighted by molar-refractivity contribution is -0.142. The summed E-state index contributed by atoms with van der Waals surface area (Å²) in [4.78, 5) is 42.2. The molecular weight excluding hydrogens is 458 g/mol. The SMILES string of the molecule is COCCN1C(=O)[C@H]2[C@H](C(=O)Nc3cccc(Cl)c3)[C@H]3C=C[C@@]2(O3)[C@@H]1C(=O)NC1CCCCC1. The molecule has 0 aromatic heterocycles. The zero-order valence-electron chi connectivity index (χ0n) is 19.2. The third-order valence-corrected chi connectivity index (χ3v) is 7.74. The highest BCUT2D eigenvalue weighted by molar-refractivity contribution is 6.30. The van der Waals surface area contributed by atoms with Crippen LogP contribution in [0.25, 0.3) is 0 Å². The standard InChI is InChI=1S/C25H30ClN3O5/c1-33-13-12-29-21(23(31)27-16-7-3-2-4-8-16)25-11-10-18(34-25)19(20(25)24(29)32)22(30)28-17-9-5-6-15(26)14-17/h5-6,9-11,14,16,18-21H,2-4,7-8,12-13H2,1H3,(H,27,31)(H,28,30)/t18-,19-,20-,21+,25+/m1/s1. The number of benzene rings is 1. The molecule has 9 heteroatoms. The van der Waals surface area contributed by atoms with Crippen LogP contribution in [-0.4, -0.2) is 66.7 Å². The molecule has 3 heterocycles. The number of amides is 3. The number of hydrogen-bond acceptors (Lipinski definition) is 5. The van der Waals surface area contributed by atoms with Gasteiger partial charge in [-0.1, -0.05) is 49.1 Å². The van der Waals surface area contributed by atoms with Crippen LogP contribution in [0.2, 0.25) is 5.02 Å². The molecule has 0 unspecified atom stereocenters. The van der Waals surface area contributed by atoms with Gasteiger partial charge in [-0.15, -0.1) is 0 Å². The van der Waals surface area contributed by atoms with Crippen molar-refractivity contribution < 1.29 is 23.9 Å². The fraction of sp³-hybridized carbons (Fsp3) is 0.560. The number of ether oxygens (including phenoxy) is 2. The molecule has 0 radical (unpaired) electrons. The Morgan fingerprint density at radius 1 is 1.24 bits per heavy atom. The highest BCUT2D eigenvalue weighted by atomic mass is 35.5. The number of carbonyl (C=O) groups is 3. The molecule has 34 heavy (non-hydrogen) atoms. The van der Waals surface area contributed by atoms with E-state index in [1.54, 1.807) is 31.4 Å². The molecule has 2 saturated heterocycles. The van der Waals surface area contributed by atoms with E-state index in [0.717, 1.165) is 25.7 Å². The van der Waals surface area contributed by atoms with E-state index in [0.29, 0.717) is 10.7 Å². The van der Waals surface area contributed by atoms with Crippen LogP contribution in [0.3, 0.4) is 0 Å². The Kier molecular flexibility index (Phi) is 6.39. The highest BCUT2D eigenvalue weighted by Gasteiger charge is 2.72. The lowest BCUT2D eigenvalue weighted by Gasteiger charge is -2.34. The number of methoxy groups -OCH3 is 1. The number of carbonyl (C=O) groups excluding carboxylic acids is 3. The maximum Gasteiger partial charge on any atom is 0.246 e. The van der Waals surface area contributed by atoms with Crippen molar-refractivity contribution in [3.8, 4) is 0 Å². The summed E-state index contributed by atoms with van der Waals surface area (Å²) in [5.41, 5.74) is -0.614. The van der Waals surface area contributed by atoms with Gasteiger partial charge in [-0.25, -0.2) is 0 Å². The minimum absolute atomic E-state index is 0.0978. The van der Waals surface area contributed by atoms with Crippen molar-refractivity contribution in [1.82, 2.24) is 10.2 Å². The summed E-state index contributed by atoms with van der Waals surface area (Å²) >= 11 is 6.06. The topological polar surface area (TPSA) is 97.0 Å². The van der Waals surface area contributed by atoms with E-state index in [2.05, 4.69) is 10.6 Å². The number of halogens is 1. The maximum atomic E-state index is 13.7. The van der Waals surface area contributed by atoms with Crippen LogP contribution in [0, 0.1) is 11.8 Å². The van der Waals surface area contributed by atoms with Crippen LogP contribution < -0.4 is 10.6 Å². The summed E-state index contributed by atoms with van der Waals surface area (Å²) in [5, 5.41) is 6.54. The van der Waals surface area contributed by atoms with Crippen molar-refractivity contribution in [2.45, 2.75) is 55.9 Å². The zero-order chi connectivity index (χ0) is 23.9. The first-order valence-electron chi connectivity index (χ1n) is 12.0. The van der Waals surface area contributed by atoms with Gasteiger partial charge in [0.05, 0.1) is 24.5 Å². The van der Waals surface area contributed by atoms with E-state index in [-0.39, 0.29) is 36.9 Å². The summed E-state index contributed by atoms with van der Waals surface area (Å²) in [6, 6.07) is 6.12. The molecule has 182 valence electrons. The molecule has 3 amide bonds. The fourth-order valence-corrected chi connectivity index (χ4v) is 6.21. The molecular formula is C25H30ClN3O5. The van der Waals surface area contributed by atoms with Crippen molar-refractivity contribution in [3.63, 3.8) is 0 Å². The monoisotopic (exact) mass is 487 g/mol. The van der Waals surface area contributed by atoms with Crippen LogP contribution in [0.4, 0.5) is 5.69 Å². The predicted molar refractivity (Wildman–Crippen MR) is 126 cm³/mol. The lowest BCUT2D eigenvalue weighted by Crippen LogP contribution is -2.57. The second-order valence-electron chi connectivity index (χ2n) is 9.57. The van der Waals surface area contributed by atoms with Gasteiger partial charge in [0.15, 0.2) is 0 Å². The largest absolute Gasteiger partial charge is 0.383 e. The first-order chi connectivity index (χ1) is 16.4. The van der Waals surface area contributed by atoms with Crippen LogP contribution in [0.5, 0.6) is 0 Å². The molecule has 2 bridgehead atoms. The molecule has 5 atom stereocenters. The quantitative estimate of drug-likeness (QED) is 0.576. The van der Waals surface area contributed by atoms with E-state index in [1.807, 2.05) is 12.2 Å². The highest BCUT2D eigenvalue weighted by Crippen LogP contribution is 2.55. The van der Waals surface area contributed by atoms with Crippen molar-refractivity contribution in [3.05, 3.63) is 41.4 Å². The maximum absolute atomic E-state index is 13.7. The number of rotatable bonds is 7. The van der Waals surface area contributed by atoms with Gasteiger partial charge in [0.2, 0.25) is 17.7 Å². The Morgan fingerprint density at radius 3 is 2.76 bits per heavy atom.